The first-order valence-electron chi connectivity index (χ1n) is 6.26. The number of carbonyl (C=O) groups is 3. The fourth-order valence-corrected chi connectivity index (χ4v) is 2.21. The summed E-state index contributed by atoms with van der Waals surface area (Å²) < 4.78 is 13.5. The van der Waals surface area contributed by atoms with Crippen LogP contribution in [-0.4, -0.2) is 29.7 Å². The Balaban J connectivity index is 2.31. The summed E-state index contributed by atoms with van der Waals surface area (Å²) in [6, 6.07) is 2.10. The molecule has 0 spiro atoms. The zero-order valence-electron chi connectivity index (χ0n) is 11.8. The van der Waals surface area contributed by atoms with Crippen LogP contribution < -0.4 is 10.2 Å². The van der Waals surface area contributed by atoms with E-state index >= 15 is 0 Å². The molecule has 112 valence electrons. The lowest BCUT2D eigenvalue weighted by atomic mass is 10.1. The van der Waals surface area contributed by atoms with Gasteiger partial charge >= 0.3 is 0 Å². The van der Waals surface area contributed by atoms with Crippen molar-refractivity contribution in [1.82, 2.24) is 5.32 Å². The Morgan fingerprint density at radius 1 is 1.33 bits per heavy atom. The van der Waals surface area contributed by atoms with Gasteiger partial charge in [-0.25, -0.2) is 4.39 Å². The number of carbonyl (C=O) groups excluding carboxylic acids is 3. The molecule has 1 heterocycles. The highest BCUT2D eigenvalue weighted by Crippen LogP contribution is 2.32. The number of benzene rings is 1. The van der Waals surface area contributed by atoms with Crippen LogP contribution in [-0.2, 0) is 9.59 Å². The molecule has 1 aliphatic rings. The lowest BCUT2D eigenvalue weighted by molar-refractivity contribution is -0.123. The van der Waals surface area contributed by atoms with E-state index in [0.29, 0.717) is 0 Å². The maximum absolute atomic E-state index is 13.5. The average molecular weight is 313 g/mol. The molecule has 0 aromatic heterocycles. The lowest BCUT2D eigenvalue weighted by Gasteiger charge is -2.23. The Labute approximate surface area is 126 Å². The largest absolute Gasteiger partial charge is 0.350 e. The van der Waals surface area contributed by atoms with Gasteiger partial charge in [-0.1, -0.05) is 11.6 Å². The van der Waals surface area contributed by atoms with E-state index in [0.717, 1.165) is 17.0 Å². The quantitative estimate of drug-likeness (QED) is 0.848. The molecule has 0 bridgehead atoms. The van der Waals surface area contributed by atoms with Gasteiger partial charge in [0.25, 0.3) is 11.7 Å². The summed E-state index contributed by atoms with van der Waals surface area (Å²) in [5.41, 5.74) is -0.399. The maximum atomic E-state index is 13.5. The molecule has 7 heteroatoms. The number of Topliss-reactive ketones (excluding diaryl/α,β-unsaturated/α-hetero) is 1. The zero-order valence-corrected chi connectivity index (χ0v) is 12.5. The standard InChI is InChI=1S/C14H14ClFN2O3/c1-14(2,3)17-11(19)6-18-10-5-9(16)8(15)4-7(10)12(20)13(18)21/h4-5H,6H2,1-3H3,(H,17,19). The minimum Gasteiger partial charge on any atom is -0.350 e. The molecule has 1 N–H and O–H groups in total. The van der Waals surface area contributed by atoms with Crippen molar-refractivity contribution in [3.05, 3.63) is 28.5 Å². The highest BCUT2D eigenvalue weighted by Gasteiger charge is 2.38. The molecular formula is C14H14ClFN2O3. The first kappa shape index (κ1) is 15.4. The van der Waals surface area contributed by atoms with Crippen molar-refractivity contribution >= 4 is 34.9 Å². The monoisotopic (exact) mass is 312 g/mol. The zero-order chi connectivity index (χ0) is 15.9. The van der Waals surface area contributed by atoms with Gasteiger partial charge in [-0.15, -0.1) is 0 Å². The second-order valence-electron chi connectivity index (χ2n) is 5.80. The predicted octanol–water partition coefficient (Wildman–Crippen LogP) is 1.92. The third kappa shape index (κ3) is 3.05. The molecular weight excluding hydrogens is 299 g/mol. The van der Waals surface area contributed by atoms with Crippen molar-refractivity contribution in [2.75, 3.05) is 11.4 Å². The Morgan fingerprint density at radius 2 is 1.95 bits per heavy atom. The van der Waals surface area contributed by atoms with Gasteiger partial charge in [0.1, 0.15) is 12.4 Å². The number of fused-ring (bicyclic) bond motifs is 1. The normalized spacial score (nSPS) is 14.4. The van der Waals surface area contributed by atoms with Crippen molar-refractivity contribution in [2.24, 2.45) is 0 Å². The molecule has 1 aromatic rings. The maximum Gasteiger partial charge on any atom is 0.299 e. The number of ketones is 1. The van der Waals surface area contributed by atoms with Crippen LogP contribution in [0.1, 0.15) is 31.1 Å². The molecule has 0 fully saturated rings. The highest BCUT2D eigenvalue weighted by atomic mass is 35.5. The lowest BCUT2D eigenvalue weighted by Crippen LogP contribution is -2.47. The van der Waals surface area contributed by atoms with E-state index < -0.39 is 29.0 Å². The summed E-state index contributed by atoms with van der Waals surface area (Å²) in [6.45, 7) is 5.01. The molecule has 1 aromatic carbocycles. The summed E-state index contributed by atoms with van der Waals surface area (Å²) in [5.74, 6) is -2.85. The van der Waals surface area contributed by atoms with Crippen molar-refractivity contribution in [3.8, 4) is 0 Å². The van der Waals surface area contributed by atoms with Crippen LogP contribution in [0.15, 0.2) is 12.1 Å². The summed E-state index contributed by atoms with van der Waals surface area (Å²) >= 11 is 5.61. The van der Waals surface area contributed by atoms with Crippen LogP contribution in [0, 0.1) is 5.82 Å². The number of hydrogen-bond acceptors (Lipinski definition) is 3. The Hall–Kier alpha value is -1.95. The predicted molar refractivity (Wildman–Crippen MR) is 76.0 cm³/mol. The SMILES string of the molecule is CC(C)(C)NC(=O)CN1C(=O)C(=O)c2cc(Cl)c(F)cc21. The number of halogens is 2. The first-order valence-corrected chi connectivity index (χ1v) is 6.64. The second-order valence-corrected chi connectivity index (χ2v) is 6.21. The molecule has 0 saturated heterocycles. The molecule has 0 saturated carbocycles. The minimum atomic E-state index is -0.865. The summed E-state index contributed by atoms with van der Waals surface area (Å²) in [4.78, 5) is 36.6. The fraction of sp³-hybridized carbons (Fsp3) is 0.357. The van der Waals surface area contributed by atoms with E-state index in [1.807, 2.05) is 0 Å². The van der Waals surface area contributed by atoms with Crippen LogP contribution in [0.25, 0.3) is 0 Å². The molecule has 0 radical (unpaired) electrons. The van der Waals surface area contributed by atoms with E-state index in [-0.39, 0.29) is 22.8 Å². The van der Waals surface area contributed by atoms with Crippen LogP contribution in [0.2, 0.25) is 5.02 Å². The molecule has 2 rings (SSSR count). The molecule has 1 aliphatic heterocycles. The molecule has 5 nitrogen and oxygen atoms in total. The van der Waals surface area contributed by atoms with Gasteiger partial charge < -0.3 is 5.32 Å². The summed E-state index contributed by atoms with van der Waals surface area (Å²) in [5, 5.41) is 2.43. The Morgan fingerprint density at radius 3 is 2.52 bits per heavy atom. The van der Waals surface area contributed by atoms with Crippen molar-refractivity contribution in [1.29, 1.82) is 0 Å². The molecule has 0 unspecified atom stereocenters. The first-order chi connectivity index (χ1) is 9.60. The van der Waals surface area contributed by atoms with E-state index in [9.17, 15) is 18.8 Å². The minimum absolute atomic E-state index is 0.00922. The fourth-order valence-electron chi connectivity index (χ4n) is 2.05. The third-order valence-corrected chi connectivity index (χ3v) is 3.12. The number of nitrogens with one attached hydrogen (secondary N) is 1. The van der Waals surface area contributed by atoms with Gasteiger partial charge in [-0.3, -0.25) is 19.3 Å². The van der Waals surface area contributed by atoms with E-state index in [2.05, 4.69) is 5.32 Å². The molecule has 2 amide bonds. The second kappa shape index (κ2) is 5.11. The van der Waals surface area contributed by atoms with Gasteiger partial charge in [0.2, 0.25) is 5.91 Å². The van der Waals surface area contributed by atoms with Crippen LogP contribution in [0.3, 0.4) is 0 Å². The Kier molecular flexibility index (Phi) is 3.76. The van der Waals surface area contributed by atoms with E-state index in [1.165, 1.54) is 0 Å². The number of rotatable bonds is 2. The number of hydrogen-bond donors (Lipinski definition) is 1. The number of amides is 2. The number of anilines is 1. The van der Waals surface area contributed by atoms with E-state index in [4.69, 9.17) is 11.6 Å². The Bertz CT molecular complexity index is 652. The van der Waals surface area contributed by atoms with Gasteiger partial charge in [-0.2, -0.15) is 0 Å². The van der Waals surface area contributed by atoms with E-state index in [1.54, 1.807) is 20.8 Å². The molecule has 0 atom stereocenters. The van der Waals surface area contributed by atoms with Crippen molar-refractivity contribution in [3.63, 3.8) is 0 Å². The van der Waals surface area contributed by atoms with Crippen LogP contribution in [0.4, 0.5) is 10.1 Å². The van der Waals surface area contributed by atoms with Gasteiger partial charge in [0, 0.05) is 5.54 Å². The van der Waals surface area contributed by atoms with Gasteiger partial charge in [-0.05, 0) is 32.9 Å². The average Bonchev–Trinajstić information content (AvgIpc) is 2.54. The number of nitrogens with zero attached hydrogens (tertiary/aromatic N) is 1. The summed E-state index contributed by atoms with van der Waals surface area (Å²) in [7, 11) is 0. The van der Waals surface area contributed by atoms with Crippen LogP contribution in [0.5, 0.6) is 0 Å². The third-order valence-electron chi connectivity index (χ3n) is 2.83. The molecule has 0 aliphatic carbocycles. The summed E-state index contributed by atoms with van der Waals surface area (Å²) in [6.07, 6.45) is 0. The highest BCUT2D eigenvalue weighted by molar-refractivity contribution is 6.53. The van der Waals surface area contributed by atoms with Gasteiger partial charge in [0.05, 0.1) is 16.3 Å². The topological polar surface area (TPSA) is 66.5 Å². The smallest absolute Gasteiger partial charge is 0.299 e. The van der Waals surface area contributed by atoms with Crippen molar-refractivity contribution < 1.29 is 18.8 Å². The van der Waals surface area contributed by atoms with Gasteiger partial charge in [0.15, 0.2) is 0 Å². The molecule has 21 heavy (non-hydrogen) atoms. The van der Waals surface area contributed by atoms with Crippen LogP contribution >= 0.6 is 11.6 Å². The van der Waals surface area contributed by atoms with Crippen molar-refractivity contribution in [2.45, 2.75) is 26.3 Å².